The molecule has 0 amide bonds. The van der Waals surface area contributed by atoms with Crippen molar-refractivity contribution in [3.8, 4) is 0 Å². The van der Waals surface area contributed by atoms with E-state index in [-0.39, 0.29) is 5.17 Å². The molecule has 0 saturated heterocycles. The lowest BCUT2D eigenvalue weighted by Crippen LogP contribution is -2.11. The maximum absolute atomic E-state index is 4.91. The molecule has 2 nitrogen and oxygen atoms in total. The largest absolute Gasteiger partial charge is 0.472 e. The van der Waals surface area contributed by atoms with Gasteiger partial charge in [-0.3, -0.25) is 0 Å². The van der Waals surface area contributed by atoms with Crippen LogP contribution in [0.5, 0.6) is 0 Å². The van der Waals surface area contributed by atoms with Gasteiger partial charge in [-0.15, -0.1) is 6.58 Å². The summed E-state index contributed by atoms with van der Waals surface area (Å²) >= 11 is 4.35. The first-order chi connectivity index (χ1) is 4.18. The van der Waals surface area contributed by atoms with Gasteiger partial charge >= 0.3 is 0 Å². The molecular weight excluding hydrogens is 134 g/mol. The highest BCUT2D eigenvalue weighted by molar-refractivity contribution is 7.80. The van der Waals surface area contributed by atoms with Crippen LogP contribution < -0.4 is 5.73 Å². The van der Waals surface area contributed by atoms with E-state index in [9.17, 15) is 0 Å². The van der Waals surface area contributed by atoms with E-state index in [1.165, 1.54) is 0 Å². The van der Waals surface area contributed by atoms with Crippen molar-refractivity contribution in [1.29, 1.82) is 0 Å². The van der Waals surface area contributed by atoms with E-state index in [1.807, 2.05) is 13.8 Å². The van der Waals surface area contributed by atoms with Crippen molar-refractivity contribution in [2.24, 2.45) is 5.73 Å². The zero-order valence-electron chi connectivity index (χ0n) is 5.89. The first kappa shape index (κ1) is 11.3. The minimum absolute atomic E-state index is 0.123. The Morgan fingerprint density at radius 3 is 2.22 bits per heavy atom. The predicted molar refractivity (Wildman–Crippen MR) is 44.3 cm³/mol. The summed E-state index contributed by atoms with van der Waals surface area (Å²) in [6.45, 7) is 7.65. The number of ether oxygens (including phenoxy) is 1. The van der Waals surface area contributed by atoms with E-state index in [0.717, 1.165) is 0 Å². The fourth-order valence-electron chi connectivity index (χ4n) is 0.142. The highest BCUT2D eigenvalue weighted by atomic mass is 32.1. The Kier molecular flexibility index (Phi) is 13.0. The second kappa shape index (κ2) is 10.4. The van der Waals surface area contributed by atoms with Gasteiger partial charge in [0.1, 0.15) is 0 Å². The van der Waals surface area contributed by atoms with Crippen LogP contribution in [0.3, 0.4) is 0 Å². The summed E-state index contributed by atoms with van der Waals surface area (Å²) in [6, 6.07) is 0. The number of nitrogens with two attached hydrogens (primary N) is 1. The standard InChI is InChI=1S/C3H7NOS.C3H6/c1-2-5-3(4)6;1-3-2/h2H2,1H3,(H2,4,6);3H,1H2,2H3. The van der Waals surface area contributed by atoms with Crippen LogP contribution in [0.25, 0.3) is 0 Å². The molecule has 0 aromatic carbocycles. The maximum atomic E-state index is 4.91. The molecule has 0 spiro atoms. The highest BCUT2D eigenvalue weighted by Crippen LogP contribution is 1.67. The van der Waals surface area contributed by atoms with Crippen molar-refractivity contribution in [1.82, 2.24) is 0 Å². The zero-order chi connectivity index (χ0) is 7.70. The van der Waals surface area contributed by atoms with E-state index in [4.69, 9.17) is 5.73 Å². The van der Waals surface area contributed by atoms with Gasteiger partial charge in [-0.25, -0.2) is 0 Å². The quantitative estimate of drug-likeness (QED) is 0.450. The van der Waals surface area contributed by atoms with Gasteiger partial charge in [-0.2, -0.15) is 0 Å². The second-order valence-electron chi connectivity index (χ2n) is 1.16. The Morgan fingerprint density at radius 1 is 1.89 bits per heavy atom. The summed E-state index contributed by atoms with van der Waals surface area (Å²) in [4.78, 5) is 0. The average molecular weight is 147 g/mol. The third kappa shape index (κ3) is 37.1. The minimum Gasteiger partial charge on any atom is -0.472 e. The van der Waals surface area contributed by atoms with Crippen LogP contribution in [-0.2, 0) is 4.74 Å². The molecule has 0 saturated carbocycles. The van der Waals surface area contributed by atoms with Crippen LogP contribution in [-0.4, -0.2) is 11.8 Å². The van der Waals surface area contributed by atoms with Gasteiger partial charge in [0.25, 0.3) is 5.17 Å². The molecule has 0 heterocycles. The fourth-order valence-corrected chi connectivity index (χ4v) is 0.260. The van der Waals surface area contributed by atoms with Crippen molar-refractivity contribution < 1.29 is 4.74 Å². The highest BCUT2D eigenvalue weighted by Gasteiger charge is 1.76. The fraction of sp³-hybridized carbons (Fsp3) is 0.500. The Bertz CT molecular complexity index is 83.1. The number of allylic oxidation sites excluding steroid dienone is 1. The van der Waals surface area contributed by atoms with Crippen molar-refractivity contribution >= 4 is 17.4 Å². The molecule has 9 heavy (non-hydrogen) atoms. The summed E-state index contributed by atoms with van der Waals surface area (Å²) in [5.74, 6) is 0. The van der Waals surface area contributed by atoms with Crippen molar-refractivity contribution in [2.45, 2.75) is 13.8 Å². The van der Waals surface area contributed by atoms with E-state index in [1.54, 1.807) is 6.08 Å². The SMILES string of the molecule is C=CC.CCOC(N)=S. The molecule has 0 bridgehead atoms. The van der Waals surface area contributed by atoms with Gasteiger partial charge in [-0.05, 0) is 26.1 Å². The average Bonchev–Trinajstić information content (AvgIpc) is 1.67. The van der Waals surface area contributed by atoms with E-state index in [0.29, 0.717) is 6.61 Å². The first-order valence-electron chi connectivity index (χ1n) is 2.68. The molecule has 0 unspecified atom stereocenters. The van der Waals surface area contributed by atoms with Crippen LogP contribution in [0, 0.1) is 0 Å². The molecular formula is C6H13NOS. The third-order valence-electron chi connectivity index (χ3n) is 0.287. The molecule has 2 N–H and O–H groups in total. The van der Waals surface area contributed by atoms with Crippen LogP contribution in [0.2, 0.25) is 0 Å². The summed E-state index contributed by atoms with van der Waals surface area (Å²) in [6.07, 6.45) is 1.75. The summed E-state index contributed by atoms with van der Waals surface area (Å²) in [5, 5.41) is 0.123. The van der Waals surface area contributed by atoms with Crippen LogP contribution in [0.1, 0.15) is 13.8 Å². The van der Waals surface area contributed by atoms with E-state index < -0.39 is 0 Å². The lowest BCUT2D eigenvalue weighted by atomic mass is 10.8. The van der Waals surface area contributed by atoms with Gasteiger partial charge in [0.15, 0.2) is 0 Å². The predicted octanol–water partition coefficient (Wildman–Crippen LogP) is 1.46. The summed E-state index contributed by atoms with van der Waals surface area (Å²) < 4.78 is 4.55. The molecule has 0 radical (unpaired) electrons. The minimum atomic E-state index is 0.123. The summed E-state index contributed by atoms with van der Waals surface area (Å²) in [7, 11) is 0. The molecule has 54 valence electrons. The molecule has 0 aliphatic carbocycles. The number of hydrogen-bond donors (Lipinski definition) is 1. The number of rotatable bonds is 1. The molecule has 0 aromatic rings. The van der Waals surface area contributed by atoms with Crippen molar-refractivity contribution in [3.63, 3.8) is 0 Å². The van der Waals surface area contributed by atoms with Gasteiger partial charge in [0.2, 0.25) is 0 Å². The topological polar surface area (TPSA) is 35.2 Å². The van der Waals surface area contributed by atoms with Gasteiger partial charge < -0.3 is 10.5 Å². The Morgan fingerprint density at radius 2 is 2.22 bits per heavy atom. The lowest BCUT2D eigenvalue weighted by Gasteiger charge is -1.93. The zero-order valence-corrected chi connectivity index (χ0v) is 6.70. The molecule has 0 aliphatic rings. The van der Waals surface area contributed by atoms with Crippen LogP contribution in [0.15, 0.2) is 12.7 Å². The van der Waals surface area contributed by atoms with Gasteiger partial charge in [0, 0.05) is 0 Å². The second-order valence-corrected chi connectivity index (χ2v) is 1.56. The maximum Gasteiger partial charge on any atom is 0.253 e. The van der Waals surface area contributed by atoms with Gasteiger partial charge in [0.05, 0.1) is 6.61 Å². The third-order valence-corrected chi connectivity index (χ3v) is 0.404. The van der Waals surface area contributed by atoms with Crippen LogP contribution in [0.4, 0.5) is 0 Å². The molecule has 0 rings (SSSR count). The molecule has 3 heteroatoms. The smallest absolute Gasteiger partial charge is 0.253 e. The van der Waals surface area contributed by atoms with E-state index >= 15 is 0 Å². The number of thiocarbonyl (C=S) groups is 1. The summed E-state index contributed by atoms with van der Waals surface area (Å²) in [5.41, 5.74) is 4.91. The molecule has 0 fully saturated rings. The Labute approximate surface area is 61.7 Å². The lowest BCUT2D eigenvalue weighted by molar-refractivity contribution is 0.331. The molecule has 0 aliphatic heterocycles. The van der Waals surface area contributed by atoms with Crippen molar-refractivity contribution in [3.05, 3.63) is 12.7 Å². The monoisotopic (exact) mass is 147 g/mol. The normalized spacial score (nSPS) is 6.44. The van der Waals surface area contributed by atoms with Crippen LogP contribution >= 0.6 is 12.2 Å². The van der Waals surface area contributed by atoms with Gasteiger partial charge in [-0.1, -0.05) is 6.08 Å². The van der Waals surface area contributed by atoms with Crippen molar-refractivity contribution in [2.75, 3.05) is 6.61 Å². The molecule has 0 atom stereocenters. The Balaban J connectivity index is 0. The first-order valence-corrected chi connectivity index (χ1v) is 3.09. The van der Waals surface area contributed by atoms with E-state index in [2.05, 4.69) is 23.5 Å². The molecule has 0 aromatic heterocycles. The Hall–Kier alpha value is -0.570. The number of hydrogen-bond acceptors (Lipinski definition) is 2.